The highest BCUT2D eigenvalue weighted by atomic mass is 32.1. The van der Waals surface area contributed by atoms with Crippen LogP contribution in [0.25, 0.3) is 0 Å². The van der Waals surface area contributed by atoms with Gasteiger partial charge in [0.1, 0.15) is 12.7 Å². The van der Waals surface area contributed by atoms with Crippen LogP contribution in [0, 0.1) is 6.92 Å². The molecule has 1 aliphatic rings. The molecule has 2 heterocycles. The van der Waals surface area contributed by atoms with Crippen LogP contribution in [0.5, 0.6) is 11.5 Å². The molecule has 1 aliphatic heterocycles. The fourth-order valence-corrected chi connectivity index (χ4v) is 3.34. The first-order valence-corrected chi connectivity index (χ1v) is 8.24. The average Bonchev–Trinajstić information content (AvgIpc) is 3.01. The number of rotatable bonds is 5. The molecule has 122 valence electrons. The second kappa shape index (κ2) is 7.02. The van der Waals surface area contributed by atoms with Crippen molar-refractivity contribution in [3.05, 3.63) is 46.2 Å². The maximum Gasteiger partial charge on any atom is 0.264 e. The third-order valence-corrected chi connectivity index (χ3v) is 4.72. The van der Waals surface area contributed by atoms with Crippen LogP contribution < -0.4 is 14.8 Å². The molecule has 0 saturated heterocycles. The van der Waals surface area contributed by atoms with E-state index in [-0.39, 0.29) is 18.6 Å². The standard InChI is InChI=1S/C17H19NO4S/c1-11-7-8-16(23-11)14(20-2)9-18-17(19)15-10-21-12-5-3-4-6-13(12)22-15/h3-8,14-15H,9-10H2,1-2H3,(H,18,19). The van der Waals surface area contributed by atoms with E-state index in [1.807, 2.05) is 37.3 Å². The molecule has 0 spiro atoms. The van der Waals surface area contributed by atoms with Gasteiger partial charge in [0, 0.05) is 23.4 Å². The predicted octanol–water partition coefficient (Wildman–Crippen LogP) is 2.70. The molecule has 2 aromatic rings. The van der Waals surface area contributed by atoms with E-state index < -0.39 is 6.10 Å². The molecule has 3 rings (SSSR count). The summed E-state index contributed by atoms with van der Waals surface area (Å²) in [5, 5.41) is 2.88. The smallest absolute Gasteiger partial charge is 0.264 e. The molecular formula is C17H19NO4S. The second-order valence-electron chi connectivity index (χ2n) is 5.28. The molecule has 0 saturated carbocycles. The Morgan fingerprint density at radius 1 is 1.35 bits per heavy atom. The molecule has 0 fully saturated rings. The SMILES string of the molecule is COC(CNC(=O)C1COc2ccccc2O1)c1ccc(C)s1. The first kappa shape index (κ1) is 15.8. The lowest BCUT2D eigenvalue weighted by Crippen LogP contribution is -2.45. The molecule has 1 amide bonds. The van der Waals surface area contributed by atoms with E-state index in [1.54, 1.807) is 24.5 Å². The molecule has 2 unspecified atom stereocenters. The number of thiophene rings is 1. The van der Waals surface area contributed by atoms with Gasteiger partial charge in [0.05, 0.1) is 0 Å². The molecule has 23 heavy (non-hydrogen) atoms. The second-order valence-corrected chi connectivity index (χ2v) is 6.60. The summed E-state index contributed by atoms with van der Waals surface area (Å²) in [4.78, 5) is 14.6. The molecule has 2 atom stereocenters. The van der Waals surface area contributed by atoms with Gasteiger partial charge in [0.2, 0.25) is 6.10 Å². The van der Waals surface area contributed by atoms with Gasteiger partial charge in [-0.1, -0.05) is 12.1 Å². The van der Waals surface area contributed by atoms with E-state index in [9.17, 15) is 4.79 Å². The third kappa shape index (κ3) is 3.65. The minimum absolute atomic E-state index is 0.158. The summed E-state index contributed by atoms with van der Waals surface area (Å²) >= 11 is 1.67. The van der Waals surface area contributed by atoms with Crippen molar-refractivity contribution in [1.29, 1.82) is 0 Å². The van der Waals surface area contributed by atoms with Crippen LogP contribution in [-0.2, 0) is 9.53 Å². The Morgan fingerprint density at radius 2 is 2.13 bits per heavy atom. The number of para-hydroxylation sites is 2. The summed E-state index contributed by atoms with van der Waals surface area (Å²) in [7, 11) is 1.64. The highest BCUT2D eigenvalue weighted by Gasteiger charge is 2.27. The molecular weight excluding hydrogens is 314 g/mol. The Kier molecular flexibility index (Phi) is 4.83. The van der Waals surface area contributed by atoms with Crippen molar-refractivity contribution in [1.82, 2.24) is 5.32 Å². The van der Waals surface area contributed by atoms with E-state index in [0.717, 1.165) is 4.88 Å². The third-order valence-electron chi connectivity index (χ3n) is 3.63. The van der Waals surface area contributed by atoms with Crippen molar-refractivity contribution in [3.63, 3.8) is 0 Å². The Labute approximate surface area is 139 Å². The molecule has 1 N–H and O–H groups in total. The summed E-state index contributed by atoms with van der Waals surface area (Å²) in [5.74, 6) is 1.06. The number of carbonyl (C=O) groups excluding carboxylic acids is 1. The van der Waals surface area contributed by atoms with Crippen LogP contribution in [0.1, 0.15) is 15.9 Å². The molecule has 1 aromatic carbocycles. The van der Waals surface area contributed by atoms with Gasteiger partial charge in [-0.05, 0) is 31.2 Å². The summed E-state index contributed by atoms with van der Waals surface area (Å²) in [6.07, 6.45) is -0.804. The number of nitrogens with one attached hydrogen (secondary N) is 1. The van der Waals surface area contributed by atoms with Crippen LogP contribution in [0.2, 0.25) is 0 Å². The van der Waals surface area contributed by atoms with E-state index in [4.69, 9.17) is 14.2 Å². The Balaban J connectivity index is 1.57. The Bertz CT molecular complexity index is 685. The van der Waals surface area contributed by atoms with Crippen molar-refractivity contribution in [2.75, 3.05) is 20.3 Å². The highest BCUT2D eigenvalue weighted by Crippen LogP contribution is 2.31. The quantitative estimate of drug-likeness (QED) is 0.914. The molecule has 5 nitrogen and oxygen atoms in total. The summed E-state index contributed by atoms with van der Waals surface area (Å²) in [5.41, 5.74) is 0. The predicted molar refractivity (Wildman–Crippen MR) is 88.2 cm³/mol. The van der Waals surface area contributed by atoms with E-state index in [0.29, 0.717) is 18.0 Å². The lowest BCUT2D eigenvalue weighted by Gasteiger charge is -2.26. The Morgan fingerprint density at radius 3 is 2.83 bits per heavy atom. The molecule has 0 aliphatic carbocycles. The molecule has 1 aromatic heterocycles. The van der Waals surface area contributed by atoms with Crippen molar-refractivity contribution in [2.45, 2.75) is 19.1 Å². The summed E-state index contributed by atoms with van der Waals surface area (Å²) in [6.45, 7) is 2.65. The maximum absolute atomic E-state index is 12.3. The van der Waals surface area contributed by atoms with Gasteiger partial charge in [-0.15, -0.1) is 11.3 Å². The minimum atomic E-state index is -0.646. The number of hydrogen-bond donors (Lipinski definition) is 1. The molecule has 0 bridgehead atoms. The van der Waals surface area contributed by atoms with Gasteiger partial charge in [-0.3, -0.25) is 4.79 Å². The van der Waals surface area contributed by atoms with Crippen LogP contribution in [0.4, 0.5) is 0 Å². The number of amides is 1. The van der Waals surface area contributed by atoms with Gasteiger partial charge < -0.3 is 19.5 Å². The fraction of sp³-hybridized carbons (Fsp3) is 0.353. The lowest BCUT2D eigenvalue weighted by molar-refractivity contribution is -0.130. The number of ether oxygens (including phenoxy) is 3. The van der Waals surface area contributed by atoms with Crippen molar-refractivity contribution in [3.8, 4) is 11.5 Å². The minimum Gasteiger partial charge on any atom is -0.485 e. The molecule has 0 radical (unpaired) electrons. The summed E-state index contributed by atoms with van der Waals surface area (Å²) in [6, 6.07) is 11.4. The number of carbonyl (C=O) groups is 1. The highest BCUT2D eigenvalue weighted by molar-refractivity contribution is 7.12. The number of benzene rings is 1. The van der Waals surface area contributed by atoms with E-state index in [1.165, 1.54) is 4.88 Å². The van der Waals surface area contributed by atoms with E-state index >= 15 is 0 Å². The van der Waals surface area contributed by atoms with Crippen molar-refractivity contribution < 1.29 is 19.0 Å². The summed E-state index contributed by atoms with van der Waals surface area (Å²) < 4.78 is 16.7. The largest absolute Gasteiger partial charge is 0.485 e. The Hall–Kier alpha value is -2.05. The number of methoxy groups -OCH3 is 1. The topological polar surface area (TPSA) is 56.8 Å². The van der Waals surface area contributed by atoms with Gasteiger partial charge in [-0.25, -0.2) is 0 Å². The monoisotopic (exact) mass is 333 g/mol. The van der Waals surface area contributed by atoms with Gasteiger partial charge in [-0.2, -0.15) is 0 Å². The average molecular weight is 333 g/mol. The zero-order chi connectivity index (χ0) is 16.2. The van der Waals surface area contributed by atoms with E-state index in [2.05, 4.69) is 5.32 Å². The lowest BCUT2D eigenvalue weighted by atomic mass is 10.2. The van der Waals surface area contributed by atoms with Crippen LogP contribution in [-0.4, -0.2) is 32.3 Å². The fourth-order valence-electron chi connectivity index (χ4n) is 2.38. The zero-order valence-electron chi connectivity index (χ0n) is 13.1. The van der Waals surface area contributed by atoms with Crippen LogP contribution in [0.15, 0.2) is 36.4 Å². The van der Waals surface area contributed by atoms with Gasteiger partial charge >= 0.3 is 0 Å². The van der Waals surface area contributed by atoms with Gasteiger partial charge in [0.25, 0.3) is 5.91 Å². The zero-order valence-corrected chi connectivity index (χ0v) is 13.9. The number of fused-ring (bicyclic) bond motifs is 1. The number of hydrogen-bond acceptors (Lipinski definition) is 5. The van der Waals surface area contributed by atoms with Crippen molar-refractivity contribution >= 4 is 17.2 Å². The van der Waals surface area contributed by atoms with Crippen molar-refractivity contribution in [2.24, 2.45) is 0 Å². The maximum atomic E-state index is 12.3. The first-order chi connectivity index (χ1) is 11.2. The normalized spacial score (nSPS) is 17.6. The number of aryl methyl sites for hydroxylation is 1. The van der Waals surface area contributed by atoms with Crippen LogP contribution >= 0.6 is 11.3 Å². The van der Waals surface area contributed by atoms with Crippen LogP contribution in [0.3, 0.4) is 0 Å². The van der Waals surface area contributed by atoms with Gasteiger partial charge in [0.15, 0.2) is 11.5 Å². The first-order valence-electron chi connectivity index (χ1n) is 7.42. The molecule has 6 heteroatoms.